The summed E-state index contributed by atoms with van der Waals surface area (Å²) in [5.74, 6) is 0. The lowest BCUT2D eigenvalue weighted by atomic mass is 9.69. The van der Waals surface area contributed by atoms with Gasteiger partial charge in [-0.3, -0.25) is 0 Å². The second kappa shape index (κ2) is 25.1. The quantitative estimate of drug-likeness (QED) is 0.0801. The maximum Gasteiger partial charge on any atom is 0.136 e. The van der Waals surface area contributed by atoms with Gasteiger partial charge in [-0.15, -0.1) is 0 Å². The number of hydrogen-bond donors (Lipinski definition) is 0. The molecule has 0 unspecified atom stereocenters. The van der Waals surface area contributed by atoms with Crippen LogP contribution >= 0.6 is 0 Å². The van der Waals surface area contributed by atoms with Crippen LogP contribution in [0.3, 0.4) is 0 Å². The summed E-state index contributed by atoms with van der Waals surface area (Å²) in [6, 6.07) is 94.4. The lowest BCUT2D eigenvalue weighted by molar-refractivity contribution is 0.398. The summed E-state index contributed by atoms with van der Waals surface area (Å²) >= 11 is 0. The third-order valence-corrected chi connectivity index (χ3v) is 28.3. The van der Waals surface area contributed by atoms with Crippen LogP contribution < -0.4 is 0 Å². The van der Waals surface area contributed by atoms with Crippen molar-refractivity contribution in [2.75, 3.05) is 0 Å². The lowest BCUT2D eigenvalue weighted by Gasteiger charge is -2.34. The van der Waals surface area contributed by atoms with E-state index in [9.17, 15) is 0 Å². The predicted octanol–water partition coefficient (Wildman–Crippen LogP) is 31.5. The maximum atomic E-state index is 7.00. The van der Waals surface area contributed by atoms with Crippen molar-refractivity contribution in [3.63, 3.8) is 0 Å². The summed E-state index contributed by atoms with van der Waals surface area (Å²) in [6.45, 7) is 24.2. The molecule has 0 N–H and O–H groups in total. The monoisotopic (exact) mass is 1440 g/mol. The van der Waals surface area contributed by atoms with Gasteiger partial charge in [-0.05, 0) is 287 Å². The largest absolute Gasteiger partial charge is 0.456 e. The fraction of sp³-hybridized carbons (Fsp3) is 0.266. The second-order valence-corrected chi connectivity index (χ2v) is 35.9. The summed E-state index contributed by atoms with van der Waals surface area (Å²) in [4.78, 5) is 0. The van der Waals surface area contributed by atoms with Gasteiger partial charge in [0.1, 0.15) is 22.3 Å². The highest BCUT2D eigenvalue weighted by Crippen LogP contribution is 2.64. The van der Waals surface area contributed by atoms with E-state index >= 15 is 0 Å². The molecule has 21 rings (SSSR count). The van der Waals surface area contributed by atoms with Crippen molar-refractivity contribution in [3.8, 4) is 100 Å². The smallest absolute Gasteiger partial charge is 0.136 e. The molecule has 0 aliphatic heterocycles. The van der Waals surface area contributed by atoms with Crippen molar-refractivity contribution in [3.05, 3.63) is 298 Å². The molecule has 0 saturated heterocycles. The SMILES string of the molecule is CCCCCCCCC1(CCCCCCCC)c2cc3c(cc2-c2cc4c(cc21)-c1c(cc(-c2ccc5c(c2)oc2cc(-c6ccc7c(c6)C(C)(C)c6ccccc6-7)ccc25)c2ccccc12)C4(C)C)C(C)(C)c1cc(-c2ccc4c(c2)oc2cc(-c5ccc6c(c5)C(C)(C)c5ccccc5-6)ccc24)c2ccccc2c1-3. The lowest BCUT2D eigenvalue weighted by Crippen LogP contribution is -2.26. The van der Waals surface area contributed by atoms with E-state index in [2.05, 4.69) is 312 Å². The zero-order valence-corrected chi connectivity index (χ0v) is 66.3. The Balaban J connectivity index is 0.668. The first-order valence-electron chi connectivity index (χ1n) is 41.9. The van der Waals surface area contributed by atoms with Gasteiger partial charge in [0.05, 0.1) is 0 Å². The summed E-state index contributed by atoms with van der Waals surface area (Å²) < 4.78 is 14.0. The van der Waals surface area contributed by atoms with Gasteiger partial charge in [-0.1, -0.05) is 292 Å². The standard InChI is InChI=1S/C109H98O2/c1-11-13-15-17-19-29-51-109(52-30-20-18-16-14-12-2)95-63-87-93(107(7,8)97-59-83(71-31-21-23-35-81(71)103(87)97)69-43-49-79-77-47-41-67(55-99(77)110-101(79)57-69)65-39-45-75-73-33-25-27-37-89(73)105(3,4)91(75)53-65)61-85(95)86-62-94-88(64-96(86)109)104-82-36-24-22-32-72(82)84(60-98(104)108(94,9)10)70-44-50-80-78-48-42-68(56-100(78)111-102(80)58-70)66-40-46-76-74-34-26-28-38-90(74)106(5,6)92(76)54-66/h21-28,31-50,53-64H,11-20,29-30,51-52H2,1-10H3. The highest BCUT2D eigenvalue weighted by molar-refractivity contribution is 6.15. The molecule has 2 heteroatoms. The third kappa shape index (κ3) is 10.1. The van der Waals surface area contributed by atoms with E-state index in [0.717, 1.165) is 56.7 Å². The average Bonchev–Trinajstić information content (AvgIpc) is 1.52. The van der Waals surface area contributed by atoms with Gasteiger partial charge >= 0.3 is 0 Å². The Kier molecular flexibility index (Phi) is 15.4. The van der Waals surface area contributed by atoms with E-state index in [1.54, 1.807) is 11.1 Å². The number of hydrogen-bond acceptors (Lipinski definition) is 2. The Hall–Kier alpha value is -10.8. The molecule has 0 spiro atoms. The molecule has 0 bridgehead atoms. The highest BCUT2D eigenvalue weighted by atomic mass is 16.3. The van der Waals surface area contributed by atoms with Crippen LogP contribution in [-0.4, -0.2) is 0 Å². The number of furan rings is 2. The molecule has 5 aliphatic carbocycles. The van der Waals surface area contributed by atoms with Crippen molar-refractivity contribution in [1.82, 2.24) is 0 Å². The molecule has 0 atom stereocenters. The van der Waals surface area contributed by atoms with E-state index in [0.29, 0.717) is 0 Å². The molecule has 0 saturated carbocycles. The van der Waals surface area contributed by atoms with Crippen LogP contribution in [0.5, 0.6) is 0 Å². The highest BCUT2D eigenvalue weighted by Gasteiger charge is 2.49. The van der Waals surface area contributed by atoms with Crippen LogP contribution in [0.4, 0.5) is 0 Å². The van der Waals surface area contributed by atoms with Crippen LogP contribution in [0.2, 0.25) is 0 Å². The summed E-state index contributed by atoms with van der Waals surface area (Å²) in [7, 11) is 0. The topological polar surface area (TPSA) is 26.3 Å². The Bertz CT molecular complexity index is 6220. The molecule has 14 aromatic carbocycles. The molecule has 2 aromatic heterocycles. The number of unbranched alkanes of at least 4 members (excludes halogenated alkanes) is 10. The Morgan fingerprint density at radius 3 is 0.919 bits per heavy atom. The molecule has 0 radical (unpaired) electrons. The normalized spacial score (nSPS) is 15.6. The third-order valence-electron chi connectivity index (χ3n) is 28.3. The van der Waals surface area contributed by atoms with Crippen LogP contribution in [-0.2, 0) is 27.1 Å². The van der Waals surface area contributed by atoms with Crippen molar-refractivity contribution < 1.29 is 8.83 Å². The van der Waals surface area contributed by atoms with Gasteiger partial charge in [0.2, 0.25) is 0 Å². The summed E-state index contributed by atoms with van der Waals surface area (Å²) in [5.41, 5.74) is 40.8. The number of rotatable bonds is 18. The Labute approximate surface area is 654 Å². The second-order valence-electron chi connectivity index (χ2n) is 35.9. The van der Waals surface area contributed by atoms with Gasteiger partial charge in [-0.25, -0.2) is 0 Å². The van der Waals surface area contributed by atoms with Crippen molar-refractivity contribution in [2.45, 2.75) is 186 Å². The Morgan fingerprint density at radius 2 is 0.505 bits per heavy atom. The predicted molar refractivity (Wildman–Crippen MR) is 470 cm³/mol. The van der Waals surface area contributed by atoms with E-state index < -0.39 is 0 Å². The minimum absolute atomic E-state index is 0.0705. The first-order chi connectivity index (χ1) is 53.9. The minimum Gasteiger partial charge on any atom is -0.456 e. The van der Waals surface area contributed by atoms with E-state index in [4.69, 9.17) is 8.83 Å². The average molecular weight is 1440 g/mol. The molecular formula is C109H98O2. The molecule has 2 nitrogen and oxygen atoms in total. The summed E-state index contributed by atoms with van der Waals surface area (Å²) in [6.07, 6.45) is 17.6. The molecule has 2 heterocycles. The molecule has 5 aliphatic rings. The van der Waals surface area contributed by atoms with Gasteiger partial charge in [0.15, 0.2) is 0 Å². The molecule has 0 amide bonds. The molecule has 0 fully saturated rings. The van der Waals surface area contributed by atoms with Crippen LogP contribution in [0.15, 0.2) is 251 Å². The number of fused-ring (bicyclic) bond motifs is 25. The van der Waals surface area contributed by atoms with Gasteiger partial charge in [0.25, 0.3) is 0 Å². The van der Waals surface area contributed by atoms with Crippen LogP contribution in [0.25, 0.3) is 166 Å². The first kappa shape index (κ1) is 68.2. The van der Waals surface area contributed by atoms with Crippen molar-refractivity contribution in [1.29, 1.82) is 0 Å². The fourth-order valence-electron chi connectivity index (χ4n) is 22.2. The zero-order valence-electron chi connectivity index (χ0n) is 66.3. The molecular weight excluding hydrogens is 1340 g/mol. The molecule has 16 aromatic rings. The maximum absolute atomic E-state index is 7.00. The van der Waals surface area contributed by atoms with Crippen LogP contribution in [0.1, 0.15) is 215 Å². The van der Waals surface area contributed by atoms with E-state index in [-0.39, 0.29) is 27.1 Å². The zero-order chi connectivity index (χ0) is 75.2. The van der Waals surface area contributed by atoms with Gasteiger partial charge < -0.3 is 8.83 Å². The van der Waals surface area contributed by atoms with E-state index in [1.807, 2.05) is 0 Å². The van der Waals surface area contributed by atoms with Crippen molar-refractivity contribution in [2.24, 2.45) is 0 Å². The first-order valence-corrected chi connectivity index (χ1v) is 41.9. The van der Waals surface area contributed by atoms with Crippen LogP contribution in [0, 0.1) is 0 Å². The summed E-state index contributed by atoms with van der Waals surface area (Å²) in [5, 5.41) is 9.82. The van der Waals surface area contributed by atoms with Crippen molar-refractivity contribution >= 4 is 65.4 Å². The van der Waals surface area contributed by atoms with Gasteiger partial charge in [0, 0.05) is 48.6 Å². The fourth-order valence-corrected chi connectivity index (χ4v) is 22.2. The Morgan fingerprint density at radius 1 is 0.207 bits per heavy atom. The minimum atomic E-state index is -0.290. The van der Waals surface area contributed by atoms with Gasteiger partial charge in [-0.2, -0.15) is 0 Å². The molecule has 111 heavy (non-hydrogen) atoms. The number of benzene rings is 14. The van der Waals surface area contributed by atoms with E-state index in [1.165, 1.54) is 243 Å². The molecule has 546 valence electrons.